The molecule has 0 amide bonds. The molecule has 2 aromatic rings. The van der Waals surface area contributed by atoms with Gasteiger partial charge in [-0.1, -0.05) is 82.2 Å². The van der Waals surface area contributed by atoms with E-state index >= 15 is 0 Å². The zero-order valence-corrected chi connectivity index (χ0v) is 34.5. The van der Waals surface area contributed by atoms with Gasteiger partial charge in [0.25, 0.3) is 20.2 Å². The fourth-order valence-electron chi connectivity index (χ4n) is 13.6. The van der Waals surface area contributed by atoms with Gasteiger partial charge in [0.15, 0.2) is 0 Å². The van der Waals surface area contributed by atoms with Gasteiger partial charge >= 0.3 is 0 Å². The summed E-state index contributed by atoms with van der Waals surface area (Å²) in [4.78, 5) is 0.464. The van der Waals surface area contributed by atoms with Crippen LogP contribution in [0.1, 0.15) is 117 Å². The van der Waals surface area contributed by atoms with Gasteiger partial charge in [0.05, 0.1) is 22.5 Å². The maximum absolute atomic E-state index is 13.5. The number of hydrogen-bond donors (Lipinski definition) is 0. The standard InChI is InChI=1S/C44H62O6S2/c1-29(2)34-20-25-44(28-49-51(45,46)32-14-10-30(3)11-15-32)27-26-42(8)35(39(34)44)18-19-37-41(7)23-22-38(40(5,6)36(41)21-24-43(37,42)9)50-52(47,48)33-16-12-31(4)13-17-33/h10-17,34-39H,1,18-28H2,2-9H3/t34-,35+,36-,37+,38-,39-,41-,42+,43+,44+/m0/s1. The van der Waals surface area contributed by atoms with Crippen molar-refractivity contribution in [2.24, 2.45) is 56.7 Å². The van der Waals surface area contributed by atoms with Gasteiger partial charge < -0.3 is 0 Å². The van der Waals surface area contributed by atoms with Gasteiger partial charge in [0.2, 0.25) is 0 Å². The third-order valence-corrected chi connectivity index (χ3v) is 19.2. The molecule has 0 bridgehead atoms. The lowest BCUT2D eigenvalue weighted by atomic mass is 9.32. The summed E-state index contributed by atoms with van der Waals surface area (Å²) in [7, 11) is -7.75. The molecule has 5 fully saturated rings. The van der Waals surface area contributed by atoms with Crippen molar-refractivity contribution in [2.75, 3.05) is 6.61 Å². The maximum Gasteiger partial charge on any atom is 0.297 e. The number of rotatable bonds is 8. The van der Waals surface area contributed by atoms with Crippen LogP contribution in [0.5, 0.6) is 0 Å². The van der Waals surface area contributed by atoms with Gasteiger partial charge in [0.1, 0.15) is 0 Å². The first-order chi connectivity index (χ1) is 24.2. The quantitative estimate of drug-likeness (QED) is 0.197. The Balaban J connectivity index is 1.15. The molecule has 5 aliphatic carbocycles. The van der Waals surface area contributed by atoms with Crippen molar-refractivity contribution in [1.82, 2.24) is 0 Å². The summed E-state index contributed by atoms with van der Waals surface area (Å²) < 4.78 is 66.2. The molecule has 286 valence electrons. The Hall–Kier alpha value is -2.00. The zero-order chi connectivity index (χ0) is 37.7. The Morgan fingerprint density at radius 2 is 1.29 bits per heavy atom. The highest BCUT2D eigenvalue weighted by atomic mass is 32.2. The molecule has 7 rings (SSSR count). The van der Waals surface area contributed by atoms with E-state index in [0.29, 0.717) is 29.6 Å². The molecule has 6 nitrogen and oxygen atoms in total. The minimum atomic E-state index is -3.88. The van der Waals surface area contributed by atoms with Gasteiger partial charge in [-0.3, -0.25) is 8.37 Å². The Bertz CT molecular complexity index is 1920. The van der Waals surface area contributed by atoms with Crippen molar-refractivity contribution in [3.8, 4) is 0 Å². The molecule has 0 saturated heterocycles. The lowest BCUT2D eigenvalue weighted by Gasteiger charge is -2.73. The highest BCUT2D eigenvalue weighted by molar-refractivity contribution is 7.87. The van der Waals surface area contributed by atoms with Crippen LogP contribution in [-0.2, 0) is 28.6 Å². The SMILES string of the molecule is C=C(C)[C@@H]1CC[C@]2(COS(=O)(=O)c3ccc(C)cc3)CC[C@]3(C)[C@H](CC[C@@H]4[C@@]5(C)CC[C@H](OS(=O)(=O)c6ccc(C)cc6)C(C)(C)[C@@H]5CC[C@]43C)[C@H]12. The molecular formula is C44H62O6S2. The van der Waals surface area contributed by atoms with Crippen molar-refractivity contribution in [3.63, 3.8) is 0 Å². The molecule has 0 N–H and O–H groups in total. The lowest BCUT2D eigenvalue weighted by Crippen LogP contribution is -2.67. The number of aryl methyl sites for hydroxylation is 2. The van der Waals surface area contributed by atoms with Crippen molar-refractivity contribution >= 4 is 20.2 Å². The summed E-state index contributed by atoms with van der Waals surface area (Å²) in [6, 6.07) is 14.0. The molecule has 0 heterocycles. The molecule has 52 heavy (non-hydrogen) atoms. The van der Waals surface area contributed by atoms with E-state index in [2.05, 4.69) is 48.1 Å². The van der Waals surface area contributed by atoms with E-state index in [9.17, 15) is 16.8 Å². The summed E-state index contributed by atoms with van der Waals surface area (Å²) >= 11 is 0. The highest BCUT2D eigenvalue weighted by Crippen LogP contribution is 2.77. The molecular weight excluding hydrogens is 689 g/mol. The predicted molar refractivity (Wildman–Crippen MR) is 207 cm³/mol. The third kappa shape index (κ3) is 5.82. The van der Waals surface area contributed by atoms with Crippen LogP contribution < -0.4 is 0 Å². The number of hydrogen-bond acceptors (Lipinski definition) is 6. The Morgan fingerprint density at radius 1 is 0.692 bits per heavy atom. The van der Waals surface area contributed by atoms with Crippen LogP contribution in [-0.4, -0.2) is 29.5 Å². The van der Waals surface area contributed by atoms with E-state index in [-0.39, 0.29) is 49.6 Å². The number of fused-ring (bicyclic) bond motifs is 7. The van der Waals surface area contributed by atoms with Crippen molar-refractivity contribution in [3.05, 3.63) is 71.8 Å². The van der Waals surface area contributed by atoms with Crippen LogP contribution in [0.3, 0.4) is 0 Å². The maximum atomic E-state index is 13.5. The van der Waals surface area contributed by atoms with Gasteiger partial charge in [-0.25, -0.2) is 0 Å². The summed E-state index contributed by atoms with van der Waals surface area (Å²) in [5.74, 6) is 2.04. The monoisotopic (exact) mass is 750 g/mol. The third-order valence-electron chi connectivity index (χ3n) is 16.5. The minimum Gasteiger partial charge on any atom is -0.266 e. The van der Waals surface area contributed by atoms with E-state index in [0.717, 1.165) is 75.3 Å². The second-order valence-corrected chi connectivity index (χ2v) is 22.5. The smallest absolute Gasteiger partial charge is 0.266 e. The average molecular weight is 751 g/mol. The molecule has 5 aliphatic rings. The fraction of sp³-hybridized carbons (Fsp3) is 0.682. The summed E-state index contributed by atoms with van der Waals surface area (Å²) in [5.41, 5.74) is 3.06. The van der Waals surface area contributed by atoms with E-state index in [1.54, 1.807) is 24.3 Å². The molecule has 0 spiro atoms. The van der Waals surface area contributed by atoms with Gasteiger partial charge in [-0.05, 0) is 166 Å². The van der Waals surface area contributed by atoms with Crippen LogP contribution in [0.4, 0.5) is 0 Å². The highest BCUT2D eigenvalue weighted by Gasteiger charge is 2.71. The Morgan fingerprint density at radius 3 is 1.88 bits per heavy atom. The lowest BCUT2D eigenvalue weighted by molar-refractivity contribution is -0.247. The first kappa shape index (κ1) is 38.3. The van der Waals surface area contributed by atoms with Crippen LogP contribution in [0, 0.1) is 70.5 Å². The number of allylic oxidation sites excluding steroid dienone is 1. The summed E-state index contributed by atoms with van der Waals surface area (Å²) in [6.07, 6.45) is 9.83. The van der Waals surface area contributed by atoms with Gasteiger partial charge in [-0.2, -0.15) is 16.8 Å². The second kappa shape index (κ2) is 12.8. The van der Waals surface area contributed by atoms with Gasteiger partial charge in [-0.15, -0.1) is 0 Å². The molecule has 5 saturated carbocycles. The Kier molecular flexibility index (Phi) is 9.41. The van der Waals surface area contributed by atoms with E-state index in [4.69, 9.17) is 8.37 Å². The van der Waals surface area contributed by atoms with Crippen molar-refractivity contribution in [2.45, 2.75) is 135 Å². The molecule has 0 aliphatic heterocycles. The summed E-state index contributed by atoms with van der Waals surface area (Å²) in [5, 5.41) is 0. The average Bonchev–Trinajstić information content (AvgIpc) is 3.46. The normalized spacial score (nSPS) is 39.8. The molecule has 0 unspecified atom stereocenters. The van der Waals surface area contributed by atoms with E-state index in [1.165, 1.54) is 5.57 Å². The van der Waals surface area contributed by atoms with Crippen LogP contribution in [0.15, 0.2) is 70.5 Å². The van der Waals surface area contributed by atoms with Gasteiger partial charge in [0, 0.05) is 0 Å². The first-order valence-corrected chi connectivity index (χ1v) is 22.6. The second-order valence-electron chi connectivity index (χ2n) is 19.3. The van der Waals surface area contributed by atoms with E-state index < -0.39 is 20.2 Å². The number of benzene rings is 2. The summed E-state index contributed by atoms with van der Waals surface area (Å²) in [6.45, 7) is 23.1. The fourth-order valence-corrected chi connectivity index (χ4v) is 15.8. The largest absolute Gasteiger partial charge is 0.297 e. The van der Waals surface area contributed by atoms with Crippen LogP contribution in [0.2, 0.25) is 0 Å². The Labute approximate surface area is 314 Å². The van der Waals surface area contributed by atoms with Crippen LogP contribution >= 0.6 is 0 Å². The minimum absolute atomic E-state index is 0.0706. The predicted octanol–water partition coefficient (Wildman–Crippen LogP) is 10.4. The van der Waals surface area contributed by atoms with E-state index in [1.807, 2.05) is 38.1 Å². The topological polar surface area (TPSA) is 86.7 Å². The molecule has 2 aromatic carbocycles. The zero-order valence-electron chi connectivity index (χ0n) is 32.8. The molecule has 10 atom stereocenters. The van der Waals surface area contributed by atoms with Crippen molar-refractivity contribution in [1.29, 1.82) is 0 Å². The first-order valence-electron chi connectivity index (χ1n) is 19.8. The van der Waals surface area contributed by atoms with Crippen molar-refractivity contribution < 1.29 is 25.2 Å². The molecule has 0 radical (unpaired) electrons. The molecule has 8 heteroatoms. The van der Waals surface area contributed by atoms with Crippen LogP contribution in [0.25, 0.3) is 0 Å². The molecule has 0 aromatic heterocycles.